The number of carbonyl (C=O) groups excluding carboxylic acids is 1. The Balaban J connectivity index is 1.25. The molecule has 2 aromatic carbocycles. The first-order valence-corrected chi connectivity index (χ1v) is 10.5. The molecule has 0 atom stereocenters. The molecule has 1 saturated carbocycles. The molecule has 150 valence electrons. The number of nitrogens with one attached hydrogen (secondary N) is 1. The number of nitrogens with zero attached hydrogens (tertiary/aromatic N) is 2. The average Bonchev–Trinajstić information content (AvgIpc) is 3.10. The van der Waals surface area contributed by atoms with Gasteiger partial charge in [0.2, 0.25) is 12.7 Å². The summed E-state index contributed by atoms with van der Waals surface area (Å²) in [4.78, 5) is 17.6. The van der Waals surface area contributed by atoms with Crippen molar-refractivity contribution in [3.05, 3.63) is 53.7 Å². The number of rotatable bonds is 4. The number of anilines is 1. The second kappa shape index (κ2) is 6.30. The summed E-state index contributed by atoms with van der Waals surface area (Å²) < 4.78 is 17.4. The van der Waals surface area contributed by atoms with E-state index in [1.807, 2.05) is 43.3 Å². The summed E-state index contributed by atoms with van der Waals surface area (Å²) in [5.74, 6) is 1.89. The maximum absolute atomic E-state index is 13.1. The van der Waals surface area contributed by atoms with E-state index in [1.165, 1.54) is 16.9 Å². The van der Waals surface area contributed by atoms with E-state index in [1.54, 1.807) is 0 Å². The second-order valence-electron chi connectivity index (χ2n) is 7.67. The Labute approximate surface area is 175 Å². The fourth-order valence-electron chi connectivity index (χ4n) is 3.71. The highest BCUT2D eigenvalue weighted by Gasteiger charge is 2.54. The lowest BCUT2D eigenvalue weighted by molar-refractivity contribution is -0.118. The van der Waals surface area contributed by atoms with Gasteiger partial charge in [0.1, 0.15) is 0 Å². The Bertz CT molecular complexity index is 1300. The van der Waals surface area contributed by atoms with Crippen LogP contribution in [0.4, 0.5) is 5.13 Å². The number of thiazole rings is 1. The van der Waals surface area contributed by atoms with Gasteiger partial charge in [-0.3, -0.25) is 4.79 Å². The van der Waals surface area contributed by atoms with E-state index in [0.717, 1.165) is 28.6 Å². The highest BCUT2D eigenvalue weighted by molar-refractivity contribution is 7.22. The SMILES string of the molecule is Cc1ccc2nc(NC(=O)C3(c4cc(-c5ccc6c(c5)OCO6)on4)CC3)sc2c1. The van der Waals surface area contributed by atoms with Gasteiger partial charge >= 0.3 is 0 Å². The molecule has 1 aliphatic carbocycles. The Hall–Kier alpha value is -3.39. The topological polar surface area (TPSA) is 86.5 Å². The van der Waals surface area contributed by atoms with Gasteiger partial charge in [-0.25, -0.2) is 4.98 Å². The highest BCUT2D eigenvalue weighted by atomic mass is 32.1. The fourth-order valence-corrected chi connectivity index (χ4v) is 4.67. The second-order valence-corrected chi connectivity index (χ2v) is 8.70. The van der Waals surface area contributed by atoms with Gasteiger partial charge in [-0.05, 0) is 55.7 Å². The highest BCUT2D eigenvalue weighted by Crippen LogP contribution is 2.49. The molecule has 0 unspecified atom stereocenters. The molecule has 4 aromatic rings. The van der Waals surface area contributed by atoms with Crippen molar-refractivity contribution in [1.82, 2.24) is 10.1 Å². The molecule has 1 N–H and O–H groups in total. The summed E-state index contributed by atoms with van der Waals surface area (Å²) >= 11 is 1.48. The van der Waals surface area contributed by atoms with Crippen molar-refractivity contribution < 1.29 is 18.8 Å². The molecular weight excluding hydrogens is 402 g/mol. The molecule has 0 saturated heterocycles. The van der Waals surface area contributed by atoms with Crippen LogP contribution in [-0.2, 0) is 10.2 Å². The van der Waals surface area contributed by atoms with Gasteiger partial charge in [0.05, 0.1) is 21.3 Å². The van der Waals surface area contributed by atoms with Crippen LogP contribution in [0.15, 0.2) is 47.0 Å². The smallest absolute Gasteiger partial charge is 0.238 e. The number of hydrogen-bond acceptors (Lipinski definition) is 7. The normalized spacial score (nSPS) is 16.0. The molecule has 2 aliphatic rings. The summed E-state index contributed by atoms with van der Waals surface area (Å²) in [7, 11) is 0. The van der Waals surface area contributed by atoms with Crippen LogP contribution in [0.25, 0.3) is 21.5 Å². The number of hydrogen-bond donors (Lipinski definition) is 1. The van der Waals surface area contributed by atoms with Crippen LogP contribution in [-0.4, -0.2) is 22.8 Å². The largest absolute Gasteiger partial charge is 0.454 e. The molecule has 3 heterocycles. The molecule has 2 aromatic heterocycles. The van der Waals surface area contributed by atoms with Crippen LogP contribution in [0.2, 0.25) is 0 Å². The zero-order chi connectivity index (χ0) is 20.3. The van der Waals surface area contributed by atoms with E-state index in [2.05, 4.69) is 21.5 Å². The van der Waals surface area contributed by atoms with Crippen LogP contribution >= 0.6 is 11.3 Å². The molecular formula is C22H17N3O4S. The molecule has 1 aliphatic heterocycles. The predicted molar refractivity (Wildman–Crippen MR) is 112 cm³/mol. The van der Waals surface area contributed by atoms with Crippen LogP contribution in [0.5, 0.6) is 11.5 Å². The molecule has 0 spiro atoms. The third kappa shape index (κ3) is 2.75. The van der Waals surface area contributed by atoms with Crippen LogP contribution in [0.3, 0.4) is 0 Å². The summed E-state index contributed by atoms with van der Waals surface area (Å²) in [6.07, 6.45) is 1.46. The van der Waals surface area contributed by atoms with Gasteiger partial charge in [-0.2, -0.15) is 0 Å². The maximum atomic E-state index is 13.1. The maximum Gasteiger partial charge on any atom is 0.238 e. The van der Waals surface area contributed by atoms with Gasteiger partial charge in [-0.1, -0.05) is 22.6 Å². The molecule has 1 amide bonds. The first-order valence-electron chi connectivity index (χ1n) is 9.67. The van der Waals surface area contributed by atoms with Gasteiger partial charge in [0.15, 0.2) is 22.4 Å². The van der Waals surface area contributed by atoms with E-state index >= 15 is 0 Å². The zero-order valence-electron chi connectivity index (χ0n) is 16.1. The first kappa shape index (κ1) is 17.5. The number of carbonyl (C=O) groups is 1. The number of amides is 1. The Kier molecular flexibility index (Phi) is 3.67. The Morgan fingerprint density at radius 3 is 2.83 bits per heavy atom. The van der Waals surface area contributed by atoms with Crippen molar-refractivity contribution in [3.8, 4) is 22.8 Å². The molecule has 6 rings (SSSR count). The van der Waals surface area contributed by atoms with Gasteiger partial charge in [-0.15, -0.1) is 0 Å². The molecule has 30 heavy (non-hydrogen) atoms. The van der Waals surface area contributed by atoms with Crippen LogP contribution in [0, 0.1) is 6.92 Å². The summed E-state index contributed by atoms with van der Waals surface area (Å²) in [6.45, 7) is 2.26. The number of fused-ring (bicyclic) bond motifs is 2. The number of aryl methyl sites for hydroxylation is 1. The number of aromatic nitrogens is 2. The average molecular weight is 419 g/mol. The fraction of sp³-hybridized carbons (Fsp3) is 0.227. The molecule has 1 fully saturated rings. The Morgan fingerprint density at radius 1 is 1.10 bits per heavy atom. The van der Waals surface area contributed by atoms with Crippen LogP contribution in [0.1, 0.15) is 24.1 Å². The number of benzene rings is 2. The molecule has 0 bridgehead atoms. The lowest BCUT2D eigenvalue weighted by atomic mass is 10.0. The van der Waals surface area contributed by atoms with E-state index in [9.17, 15) is 4.79 Å². The van der Waals surface area contributed by atoms with E-state index in [4.69, 9.17) is 14.0 Å². The lowest BCUT2D eigenvalue weighted by Gasteiger charge is -2.10. The van der Waals surface area contributed by atoms with Gasteiger partial charge in [0, 0.05) is 11.6 Å². The third-order valence-corrected chi connectivity index (χ3v) is 6.54. The molecule has 0 radical (unpaired) electrons. The number of ether oxygens (including phenoxy) is 2. The van der Waals surface area contributed by atoms with Crippen molar-refractivity contribution >= 4 is 32.6 Å². The lowest BCUT2D eigenvalue weighted by Crippen LogP contribution is -2.28. The summed E-state index contributed by atoms with van der Waals surface area (Å²) in [6, 6.07) is 13.5. The summed E-state index contributed by atoms with van der Waals surface area (Å²) in [5.41, 5.74) is 2.87. The van der Waals surface area contributed by atoms with Gasteiger partial charge < -0.3 is 19.3 Å². The van der Waals surface area contributed by atoms with Crippen molar-refractivity contribution in [2.75, 3.05) is 12.1 Å². The molecule has 7 nitrogen and oxygen atoms in total. The van der Waals surface area contributed by atoms with E-state index in [-0.39, 0.29) is 12.7 Å². The summed E-state index contributed by atoms with van der Waals surface area (Å²) in [5, 5.41) is 7.80. The third-order valence-electron chi connectivity index (χ3n) is 5.61. The van der Waals surface area contributed by atoms with E-state index in [0.29, 0.717) is 28.1 Å². The van der Waals surface area contributed by atoms with Crippen molar-refractivity contribution in [2.24, 2.45) is 0 Å². The van der Waals surface area contributed by atoms with Crippen LogP contribution < -0.4 is 14.8 Å². The quantitative estimate of drug-likeness (QED) is 0.518. The minimum absolute atomic E-state index is 0.0937. The van der Waals surface area contributed by atoms with Crippen molar-refractivity contribution in [2.45, 2.75) is 25.2 Å². The van der Waals surface area contributed by atoms with Crippen molar-refractivity contribution in [3.63, 3.8) is 0 Å². The van der Waals surface area contributed by atoms with Crippen molar-refractivity contribution in [1.29, 1.82) is 0 Å². The first-order chi connectivity index (χ1) is 14.6. The van der Waals surface area contributed by atoms with E-state index < -0.39 is 5.41 Å². The minimum Gasteiger partial charge on any atom is -0.454 e. The Morgan fingerprint density at radius 2 is 1.97 bits per heavy atom. The van der Waals surface area contributed by atoms with Gasteiger partial charge in [0.25, 0.3) is 0 Å². The zero-order valence-corrected chi connectivity index (χ0v) is 16.9. The molecule has 8 heteroatoms. The standard InChI is InChI=1S/C22H17N3O4S/c1-12-2-4-14-18(8-12)30-21(23-14)24-20(26)22(6-7-22)19-10-16(29-25-19)13-3-5-15-17(9-13)28-11-27-15/h2-5,8-10H,6-7,11H2,1H3,(H,23,24,26). The minimum atomic E-state index is -0.661. The monoisotopic (exact) mass is 419 g/mol. The predicted octanol–water partition coefficient (Wildman–Crippen LogP) is 4.66.